The summed E-state index contributed by atoms with van der Waals surface area (Å²) < 4.78 is 0. The molecule has 1 aliphatic rings. The maximum Gasteiger partial charge on any atom is 0.120 e. The van der Waals surface area contributed by atoms with E-state index < -0.39 is 0 Å². The Morgan fingerprint density at radius 1 is 1.11 bits per heavy atom. The fourth-order valence-electron chi connectivity index (χ4n) is 2.56. The number of nitrogens with one attached hydrogen (secondary N) is 1. The predicted molar refractivity (Wildman–Crippen MR) is 77.2 cm³/mol. The van der Waals surface area contributed by atoms with Crippen LogP contribution in [0.5, 0.6) is 0 Å². The molecule has 0 unspecified atom stereocenters. The van der Waals surface area contributed by atoms with Crippen LogP contribution >= 0.6 is 11.3 Å². The zero-order chi connectivity index (χ0) is 12.6. The summed E-state index contributed by atoms with van der Waals surface area (Å²) in [4.78, 5) is 0. The van der Waals surface area contributed by atoms with E-state index in [4.69, 9.17) is 0 Å². The first kappa shape index (κ1) is 13.9. The van der Waals surface area contributed by atoms with Gasteiger partial charge in [-0.05, 0) is 25.8 Å². The molecule has 0 amide bonds. The molecular weight excluding hydrogens is 242 g/mol. The third-order valence-electron chi connectivity index (χ3n) is 3.63. The molecule has 1 aromatic heterocycles. The zero-order valence-corrected chi connectivity index (χ0v) is 12.3. The largest absolute Gasteiger partial charge is 0.316 e. The van der Waals surface area contributed by atoms with E-state index >= 15 is 0 Å². The summed E-state index contributed by atoms with van der Waals surface area (Å²) in [5.41, 5.74) is 0. The topological polar surface area (TPSA) is 37.8 Å². The van der Waals surface area contributed by atoms with Crippen molar-refractivity contribution in [3.05, 3.63) is 10.0 Å². The van der Waals surface area contributed by atoms with Gasteiger partial charge in [0.1, 0.15) is 10.0 Å². The molecule has 1 heterocycles. The van der Waals surface area contributed by atoms with Crippen molar-refractivity contribution in [3.8, 4) is 0 Å². The maximum absolute atomic E-state index is 4.42. The fraction of sp³-hybridized carbons (Fsp3) is 0.857. The van der Waals surface area contributed by atoms with Crippen molar-refractivity contribution < 1.29 is 0 Å². The molecule has 3 nitrogen and oxygen atoms in total. The van der Waals surface area contributed by atoms with Gasteiger partial charge in [-0.3, -0.25) is 0 Å². The highest BCUT2D eigenvalue weighted by Crippen LogP contribution is 2.33. The van der Waals surface area contributed by atoms with Crippen molar-refractivity contribution in [2.45, 2.75) is 64.2 Å². The van der Waals surface area contributed by atoms with Gasteiger partial charge < -0.3 is 5.32 Å². The van der Waals surface area contributed by atoms with E-state index in [-0.39, 0.29) is 0 Å². The molecule has 0 aliphatic heterocycles. The monoisotopic (exact) mass is 267 g/mol. The lowest BCUT2D eigenvalue weighted by molar-refractivity contribution is 0.583. The van der Waals surface area contributed by atoms with Crippen molar-refractivity contribution in [3.63, 3.8) is 0 Å². The molecule has 0 saturated heterocycles. The normalized spacial score (nSPS) is 17.8. The minimum atomic E-state index is 0.697. The summed E-state index contributed by atoms with van der Waals surface area (Å²) in [7, 11) is 0. The van der Waals surface area contributed by atoms with Crippen molar-refractivity contribution >= 4 is 11.3 Å². The lowest BCUT2D eigenvalue weighted by atomic mass is 10.0. The molecular formula is C14H25N3S. The van der Waals surface area contributed by atoms with Gasteiger partial charge in [-0.15, -0.1) is 21.5 Å². The molecule has 0 radical (unpaired) electrons. The SMILES string of the molecule is CCCNCCc1nnc(C2CCCCCC2)s1. The second-order valence-corrected chi connectivity index (χ2v) is 6.32. The smallest absolute Gasteiger partial charge is 0.120 e. The van der Waals surface area contributed by atoms with Crippen molar-refractivity contribution in [2.75, 3.05) is 13.1 Å². The summed E-state index contributed by atoms with van der Waals surface area (Å²) >= 11 is 1.84. The van der Waals surface area contributed by atoms with Crippen LogP contribution in [0.4, 0.5) is 0 Å². The van der Waals surface area contributed by atoms with Crippen LogP contribution in [-0.2, 0) is 6.42 Å². The number of rotatable bonds is 6. The van der Waals surface area contributed by atoms with Gasteiger partial charge in [0, 0.05) is 18.9 Å². The van der Waals surface area contributed by atoms with E-state index in [0.29, 0.717) is 5.92 Å². The van der Waals surface area contributed by atoms with Crippen LogP contribution in [0.15, 0.2) is 0 Å². The molecule has 1 fully saturated rings. The van der Waals surface area contributed by atoms with Gasteiger partial charge in [0.05, 0.1) is 0 Å². The van der Waals surface area contributed by atoms with Gasteiger partial charge in [-0.2, -0.15) is 0 Å². The molecule has 4 heteroatoms. The van der Waals surface area contributed by atoms with E-state index in [9.17, 15) is 0 Å². The number of nitrogens with zero attached hydrogens (tertiary/aromatic N) is 2. The third kappa shape index (κ3) is 4.32. The Kier molecular flexibility index (Phi) is 6.08. The molecule has 0 bridgehead atoms. The van der Waals surface area contributed by atoms with E-state index in [2.05, 4.69) is 22.4 Å². The predicted octanol–water partition coefficient (Wildman–Crippen LogP) is 3.52. The molecule has 1 aromatic rings. The molecule has 0 aromatic carbocycles. The van der Waals surface area contributed by atoms with Crippen LogP contribution in [0.1, 0.15) is 67.8 Å². The van der Waals surface area contributed by atoms with Gasteiger partial charge in [0.25, 0.3) is 0 Å². The Morgan fingerprint density at radius 2 is 1.89 bits per heavy atom. The fourth-order valence-corrected chi connectivity index (χ4v) is 3.57. The molecule has 1 N–H and O–H groups in total. The molecule has 0 atom stereocenters. The van der Waals surface area contributed by atoms with Gasteiger partial charge in [0.15, 0.2) is 0 Å². The van der Waals surface area contributed by atoms with Crippen LogP contribution < -0.4 is 5.32 Å². The number of hydrogen-bond donors (Lipinski definition) is 1. The van der Waals surface area contributed by atoms with Gasteiger partial charge in [-0.25, -0.2) is 0 Å². The number of aromatic nitrogens is 2. The molecule has 102 valence electrons. The Labute approximate surface area is 114 Å². The second-order valence-electron chi connectivity index (χ2n) is 5.22. The first-order valence-corrected chi connectivity index (χ1v) is 8.24. The first-order chi connectivity index (χ1) is 8.90. The van der Waals surface area contributed by atoms with Crippen LogP contribution in [-0.4, -0.2) is 23.3 Å². The van der Waals surface area contributed by atoms with Crippen LogP contribution in [0.3, 0.4) is 0 Å². The highest BCUT2D eigenvalue weighted by Gasteiger charge is 2.18. The quantitative estimate of drug-likeness (QED) is 0.633. The highest BCUT2D eigenvalue weighted by molar-refractivity contribution is 7.11. The van der Waals surface area contributed by atoms with Gasteiger partial charge in [0.2, 0.25) is 0 Å². The molecule has 2 rings (SSSR count). The van der Waals surface area contributed by atoms with E-state index in [1.165, 1.54) is 55.0 Å². The summed E-state index contributed by atoms with van der Waals surface area (Å²) in [5.74, 6) is 0.697. The molecule has 1 saturated carbocycles. The Morgan fingerprint density at radius 3 is 2.61 bits per heavy atom. The van der Waals surface area contributed by atoms with E-state index in [1.54, 1.807) is 0 Å². The van der Waals surface area contributed by atoms with Gasteiger partial charge in [-0.1, -0.05) is 32.6 Å². The van der Waals surface area contributed by atoms with Crippen molar-refractivity contribution in [1.82, 2.24) is 15.5 Å². The lowest BCUT2D eigenvalue weighted by Crippen LogP contribution is -2.17. The minimum Gasteiger partial charge on any atom is -0.316 e. The molecule has 0 spiro atoms. The van der Waals surface area contributed by atoms with Crippen LogP contribution in [0, 0.1) is 0 Å². The Bertz CT molecular complexity index is 330. The second kappa shape index (κ2) is 7.85. The first-order valence-electron chi connectivity index (χ1n) is 7.43. The number of hydrogen-bond acceptors (Lipinski definition) is 4. The van der Waals surface area contributed by atoms with Gasteiger partial charge >= 0.3 is 0 Å². The third-order valence-corrected chi connectivity index (χ3v) is 4.77. The summed E-state index contributed by atoms with van der Waals surface area (Å²) in [6.07, 6.45) is 10.4. The lowest BCUT2D eigenvalue weighted by Gasteiger charge is -2.08. The minimum absolute atomic E-state index is 0.697. The average molecular weight is 267 g/mol. The zero-order valence-electron chi connectivity index (χ0n) is 11.5. The Hall–Kier alpha value is -0.480. The highest BCUT2D eigenvalue weighted by atomic mass is 32.1. The standard InChI is InChI=1S/C14H25N3S/c1-2-10-15-11-9-13-16-17-14(18-13)12-7-5-3-4-6-8-12/h12,15H,2-11H2,1H3. The Balaban J connectivity index is 1.81. The van der Waals surface area contributed by atoms with E-state index in [0.717, 1.165) is 19.5 Å². The average Bonchev–Trinajstić information content (AvgIpc) is 2.69. The maximum atomic E-state index is 4.42. The summed E-state index contributed by atoms with van der Waals surface area (Å²) in [6, 6.07) is 0. The molecule has 1 aliphatic carbocycles. The van der Waals surface area contributed by atoms with Crippen LogP contribution in [0.25, 0.3) is 0 Å². The van der Waals surface area contributed by atoms with Crippen LogP contribution in [0.2, 0.25) is 0 Å². The molecule has 18 heavy (non-hydrogen) atoms. The van der Waals surface area contributed by atoms with Crippen molar-refractivity contribution in [2.24, 2.45) is 0 Å². The summed E-state index contributed by atoms with van der Waals surface area (Å²) in [5, 5.41) is 14.7. The summed E-state index contributed by atoms with van der Waals surface area (Å²) in [6.45, 7) is 4.34. The van der Waals surface area contributed by atoms with E-state index in [1.807, 2.05) is 11.3 Å². The van der Waals surface area contributed by atoms with Crippen molar-refractivity contribution in [1.29, 1.82) is 0 Å².